The van der Waals surface area contributed by atoms with Gasteiger partial charge in [-0.1, -0.05) is 52.5 Å². The van der Waals surface area contributed by atoms with Crippen LogP contribution in [-0.4, -0.2) is 0 Å². The molecule has 2 rings (SSSR count). The molecule has 0 fully saturated rings. The predicted molar refractivity (Wildman–Crippen MR) is 77.3 cm³/mol. The third-order valence-electron chi connectivity index (χ3n) is 2.29. The van der Waals surface area contributed by atoms with Crippen molar-refractivity contribution in [3.05, 3.63) is 62.1 Å². The summed E-state index contributed by atoms with van der Waals surface area (Å²) in [6.45, 7) is 0.302. The molecule has 0 N–H and O–H groups in total. The number of ether oxygens (including phenoxy) is 1. The van der Waals surface area contributed by atoms with Crippen LogP contribution in [0.5, 0.6) is 5.75 Å². The Hall–Kier alpha value is -0.600. The van der Waals surface area contributed by atoms with Crippen molar-refractivity contribution in [2.45, 2.75) is 6.61 Å². The quantitative estimate of drug-likeness (QED) is 0.686. The van der Waals surface area contributed by atoms with Crippen LogP contribution in [0.15, 0.2) is 36.4 Å². The maximum absolute atomic E-state index is 6.04. The van der Waals surface area contributed by atoms with Gasteiger partial charge in [-0.15, -0.1) is 0 Å². The topological polar surface area (TPSA) is 9.23 Å². The molecule has 0 amide bonds. The smallest absolute Gasteiger partial charge is 0.139 e. The van der Waals surface area contributed by atoms with Crippen LogP contribution in [0.4, 0.5) is 0 Å². The van der Waals surface area contributed by atoms with Crippen molar-refractivity contribution in [1.82, 2.24) is 0 Å². The van der Waals surface area contributed by atoms with Crippen LogP contribution in [0.1, 0.15) is 5.56 Å². The largest absolute Gasteiger partial charge is 0.487 e. The first-order chi connectivity index (χ1) is 8.56. The van der Waals surface area contributed by atoms with Crippen molar-refractivity contribution in [3.8, 4) is 5.75 Å². The maximum atomic E-state index is 6.04. The monoisotopic (exact) mass is 320 g/mol. The van der Waals surface area contributed by atoms with Crippen molar-refractivity contribution in [2.24, 2.45) is 0 Å². The summed E-state index contributed by atoms with van der Waals surface area (Å²) in [6.07, 6.45) is 0. The van der Waals surface area contributed by atoms with Gasteiger partial charge in [0.15, 0.2) is 0 Å². The minimum absolute atomic E-state index is 0.302. The molecule has 0 aliphatic carbocycles. The maximum Gasteiger partial charge on any atom is 0.139 e. The van der Waals surface area contributed by atoms with E-state index >= 15 is 0 Å². The summed E-state index contributed by atoms with van der Waals surface area (Å²) in [5.74, 6) is 0.523. The number of rotatable bonds is 3. The molecule has 0 spiro atoms. The van der Waals surface area contributed by atoms with Gasteiger partial charge in [0.1, 0.15) is 12.4 Å². The molecule has 1 nitrogen and oxygen atoms in total. The van der Waals surface area contributed by atoms with Crippen molar-refractivity contribution >= 4 is 46.4 Å². The Morgan fingerprint density at radius 3 is 2.17 bits per heavy atom. The SMILES string of the molecule is Clc1ccc(COc2cc(Cl)ccc2Cl)c(Cl)c1. The molecule has 0 atom stereocenters. The lowest BCUT2D eigenvalue weighted by Crippen LogP contribution is -1.96. The summed E-state index contributed by atoms with van der Waals surface area (Å²) in [4.78, 5) is 0. The second-order valence-electron chi connectivity index (χ2n) is 3.60. The molecule has 0 saturated heterocycles. The molecule has 0 aromatic heterocycles. The Morgan fingerprint density at radius 1 is 0.778 bits per heavy atom. The Kier molecular flexibility index (Phi) is 4.63. The van der Waals surface area contributed by atoms with Crippen molar-refractivity contribution in [2.75, 3.05) is 0 Å². The van der Waals surface area contributed by atoms with Crippen LogP contribution in [-0.2, 0) is 6.61 Å². The number of hydrogen-bond donors (Lipinski definition) is 0. The lowest BCUT2D eigenvalue weighted by molar-refractivity contribution is 0.306. The highest BCUT2D eigenvalue weighted by atomic mass is 35.5. The van der Waals surface area contributed by atoms with E-state index in [1.165, 1.54) is 0 Å². The Labute approximate surface area is 125 Å². The summed E-state index contributed by atoms with van der Waals surface area (Å²) in [7, 11) is 0. The van der Waals surface area contributed by atoms with Crippen LogP contribution >= 0.6 is 46.4 Å². The van der Waals surface area contributed by atoms with Crippen LogP contribution < -0.4 is 4.74 Å². The van der Waals surface area contributed by atoms with Crippen molar-refractivity contribution in [1.29, 1.82) is 0 Å². The van der Waals surface area contributed by atoms with Crippen LogP contribution in [0, 0.1) is 0 Å². The molecular weight excluding hydrogens is 314 g/mol. The average Bonchev–Trinajstić information content (AvgIpc) is 2.32. The average molecular weight is 322 g/mol. The fourth-order valence-electron chi connectivity index (χ4n) is 1.38. The summed E-state index contributed by atoms with van der Waals surface area (Å²) in [5.41, 5.74) is 0.831. The summed E-state index contributed by atoms with van der Waals surface area (Å²) < 4.78 is 5.58. The van der Waals surface area contributed by atoms with E-state index in [2.05, 4.69) is 0 Å². The van der Waals surface area contributed by atoms with Gasteiger partial charge in [0.2, 0.25) is 0 Å². The summed E-state index contributed by atoms with van der Waals surface area (Å²) >= 11 is 23.7. The minimum Gasteiger partial charge on any atom is -0.487 e. The second kappa shape index (κ2) is 6.03. The normalized spacial score (nSPS) is 10.4. The van der Waals surface area contributed by atoms with Crippen LogP contribution in [0.2, 0.25) is 20.1 Å². The van der Waals surface area contributed by atoms with Gasteiger partial charge < -0.3 is 4.74 Å². The first kappa shape index (κ1) is 13.8. The highest BCUT2D eigenvalue weighted by Crippen LogP contribution is 2.29. The first-order valence-electron chi connectivity index (χ1n) is 5.08. The number of benzene rings is 2. The predicted octanol–water partition coefficient (Wildman–Crippen LogP) is 5.88. The zero-order chi connectivity index (χ0) is 13.1. The molecule has 0 aliphatic rings. The standard InChI is InChI=1S/C13H8Cl4O/c14-9-2-1-8(12(17)5-9)7-18-13-6-10(15)3-4-11(13)16/h1-6H,7H2. The van der Waals surface area contributed by atoms with E-state index in [0.29, 0.717) is 32.4 Å². The molecule has 2 aromatic carbocycles. The molecule has 94 valence electrons. The summed E-state index contributed by atoms with van der Waals surface area (Å²) in [6, 6.07) is 10.3. The second-order valence-corrected chi connectivity index (χ2v) is 5.29. The molecule has 0 saturated carbocycles. The third kappa shape index (κ3) is 3.46. The highest BCUT2D eigenvalue weighted by Gasteiger charge is 2.06. The van der Waals surface area contributed by atoms with Gasteiger partial charge in [-0.05, 0) is 24.3 Å². The molecule has 2 aromatic rings. The molecule has 18 heavy (non-hydrogen) atoms. The molecule has 0 radical (unpaired) electrons. The van der Waals surface area contributed by atoms with Gasteiger partial charge in [0, 0.05) is 26.7 Å². The first-order valence-corrected chi connectivity index (χ1v) is 6.59. The third-order valence-corrected chi connectivity index (χ3v) is 3.43. The molecule has 0 bridgehead atoms. The van der Waals surface area contributed by atoms with Crippen LogP contribution in [0.25, 0.3) is 0 Å². The van der Waals surface area contributed by atoms with Crippen molar-refractivity contribution in [3.63, 3.8) is 0 Å². The van der Waals surface area contributed by atoms with Gasteiger partial charge in [0.25, 0.3) is 0 Å². The Morgan fingerprint density at radius 2 is 1.44 bits per heavy atom. The van der Waals surface area contributed by atoms with E-state index in [-0.39, 0.29) is 0 Å². The summed E-state index contributed by atoms with van der Waals surface area (Å²) in [5, 5.41) is 2.21. The molecule has 0 unspecified atom stereocenters. The number of hydrogen-bond acceptors (Lipinski definition) is 1. The van der Waals surface area contributed by atoms with Crippen molar-refractivity contribution < 1.29 is 4.74 Å². The lowest BCUT2D eigenvalue weighted by Gasteiger charge is -2.09. The zero-order valence-electron chi connectivity index (χ0n) is 9.09. The number of halogens is 4. The lowest BCUT2D eigenvalue weighted by atomic mass is 10.2. The molecule has 0 heterocycles. The molecule has 5 heteroatoms. The van der Waals surface area contributed by atoms with E-state index in [1.54, 1.807) is 30.3 Å². The van der Waals surface area contributed by atoms with Gasteiger partial charge in [-0.3, -0.25) is 0 Å². The highest BCUT2D eigenvalue weighted by molar-refractivity contribution is 6.35. The van der Waals surface area contributed by atoms with Crippen LogP contribution in [0.3, 0.4) is 0 Å². The molecular formula is C13H8Cl4O. The Balaban J connectivity index is 2.13. The fourth-order valence-corrected chi connectivity index (χ4v) is 2.18. The van der Waals surface area contributed by atoms with Gasteiger partial charge in [-0.2, -0.15) is 0 Å². The Bertz CT molecular complexity index is 569. The fraction of sp³-hybridized carbons (Fsp3) is 0.0769. The van der Waals surface area contributed by atoms with E-state index in [1.807, 2.05) is 6.07 Å². The minimum atomic E-state index is 0.302. The van der Waals surface area contributed by atoms with Gasteiger partial charge >= 0.3 is 0 Å². The zero-order valence-corrected chi connectivity index (χ0v) is 12.1. The van der Waals surface area contributed by atoms with Gasteiger partial charge in [0.05, 0.1) is 5.02 Å². The molecule has 0 aliphatic heterocycles. The van der Waals surface area contributed by atoms with E-state index < -0.39 is 0 Å². The van der Waals surface area contributed by atoms with E-state index in [0.717, 1.165) is 5.56 Å². The van der Waals surface area contributed by atoms with E-state index in [4.69, 9.17) is 51.1 Å². The van der Waals surface area contributed by atoms with Gasteiger partial charge in [-0.25, -0.2) is 0 Å². The van der Waals surface area contributed by atoms with E-state index in [9.17, 15) is 0 Å².